The van der Waals surface area contributed by atoms with Gasteiger partial charge in [0.05, 0.1) is 5.71 Å². The molecular weight excluding hydrogens is 192 g/mol. The molecule has 0 saturated carbocycles. The van der Waals surface area contributed by atoms with Gasteiger partial charge in [-0.15, -0.1) is 0 Å². The van der Waals surface area contributed by atoms with Gasteiger partial charge in [-0.3, -0.25) is 0 Å². The van der Waals surface area contributed by atoms with Crippen molar-refractivity contribution in [2.45, 2.75) is 12.8 Å². The Bertz CT molecular complexity index is 446. The van der Waals surface area contributed by atoms with E-state index in [0.717, 1.165) is 24.0 Å². The average molecular weight is 202 g/mol. The van der Waals surface area contributed by atoms with Crippen molar-refractivity contribution in [1.82, 2.24) is 0 Å². The van der Waals surface area contributed by atoms with Crippen LogP contribution in [0.3, 0.4) is 0 Å². The highest BCUT2D eigenvalue weighted by atomic mass is 16.5. The summed E-state index contributed by atoms with van der Waals surface area (Å²) >= 11 is 0. The Balaban J connectivity index is 2.37. The minimum absolute atomic E-state index is 0.0437. The fourth-order valence-corrected chi connectivity index (χ4v) is 1.82. The van der Waals surface area contributed by atoms with Crippen LogP contribution in [0.5, 0.6) is 5.75 Å². The summed E-state index contributed by atoms with van der Waals surface area (Å²) in [6.45, 7) is 0.0437. The van der Waals surface area contributed by atoms with E-state index in [9.17, 15) is 0 Å². The molecule has 0 amide bonds. The first-order valence-corrected chi connectivity index (χ1v) is 4.69. The number of oxime groups is 1. The zero-order valence-electron chi connectivity index (χ0n) is 8.10. The van der Waals surface area contributed by atoms with E-state index in [0.29, 0.717) is 11.5 Å². The Morgan fingerprint density at radius 3 is 3.07 bits per heavy atom. The number of hydrogen-bond acceptors (Lipinski definition) is 4. The van der Waals surface area contributed by atoms with Crippen LogP contribution in [0.15, 0.2) is 23.4 Å². The molecule has 76 valence electrons. The van der Waals surface area contributed by atoms with Gasteiger partial charge in [0.15, 0.2) is 6.61 Å². The van der Waals surface area contributed by atoms with Crippen molar-refractivity contribution in [2.24, 2.45) is 5.16 Å². The lowest BCUT2D eigenvalue weighted by Gasteiger charge is -2.06. The zero-order chi connectivity index (χ0) is 10.7. The quantitative estimate of drug-likeness (QED) is 0.586. The lowest BCUT2D eigenvalue weighted by atomic mass is 10.1. The van der Waals surface area contributed by atoms with Gasteiger partial charge in [0.25, 0.3) is 0 Å². The molecule has 1 aromatic carbocycles. The highest BCUT2D eigenvalue weighted by Gasteiger charge is 2.21. The predicted molar refractivity (Wildman–Crippen MR) is 54.2 cm³/mol. The van der Waals surface area contributed by atoms with Gasteiger partial charge in [-0.05, 0) is 18.9 Å². The number of nitrogens with zero attached hydrogens (tertiary/aromatic N) is 2. The van der Waals surface area contributed by atoms with E-state index in [1.54, 1.807) is 0 Å². The lowest BCUT2D eigenvalue weighted by molar-refractivity contribution is 0.318. The molecule has 1 aliphatic rings. The van der Waals surface area contributed by atoms with Crippen LogP contribution < -0.4 is 4.74 Å². The topological polar surface area (TPSA) is 65.6 Å². The second kappa shape index (κ2) is 4.01. The number of benzene rings is 1. The molecule has 0 fully saturated rings. The van der Waals surface area contributed by atoms with Crippen LogP contribution in [-0.4, -0.2) is 17.5 Å². The third-order valence-electron chi connectivity index (χ3n) is 2.47. The summed E-state index contributed by atoms with van der Waals surface area (Å²) in [5.74, 6) is 0.715. The Labute approximate surface area is 87.4 Å². The number of fused-ring (bicyclic) bond motifs is 1. The van der Waals surface area contributed by atoms with Crippen LogP contribution in [0.4, 0.5) is 0 Å². The molecule has 1 aliphatic carbocycles. The van der Waals surface area contributed by atoms with E-state index in [1.807, 2.05) is 24.3 Å². The van der Waals surface area contributed by atoms with Gasteiger partial charge >= 0.3 is 0 Å². The van der Waals surface area contributed by atoms with Gasteiger partial charge in [0.1, 0.15) is 11.8 Å². The highest BCUT2D eigenvalue weighted by molar-refractivity contribution is 6.04. The Morgan fingerprint density at radius 1 is 1.47 bits per heavy atom. The maximum Gasteiger partial charge on any atom is 0.174 e. The first-order chi connectivity index (χ1) is 7.36. The molecule has 0 unspecified atom stereocenters. The molecule has 0 aromatic heterocycles. The highest BCUT2D eigenvalue weighted by Crippen LogP contribution is 2.30. The van der Waals surface area contributed by atoms with Gasteiger partial charge in [-0.1, -0.05) is 17.3 Å². The summed E-state index contributed by atoms with van der Waals surface area (Å²) in [5.41, 5.74) is 2.64. The molecule has 1 aromatic rings. The van der Waals surface area contributed by atoms with Crippen LogP contribution in [0.2, 0.25) is 0 Å². The van der Waals surface area contributed by atoms with E-state index < -0.39 is 0 Å². The van der Waals surface area contributed by atoms with E-state index in [2.05, 4.69) is 5.16 Å². The van der Waals surface area contributed by atoms with Crippen molar-refractivity contribution >= 4 is 5.71 Å². The molecule has 0 radical (unpaired) electrons. The van der Waals surface area contributed by atoms with E-state index >= 15 is 0 Å². The number of nitriles is 1. The fraction of sp³-hybridized carbons (Fsp3) is 0.273. The largest absolute Gasteiger partial charge is 0.478 e. The number of ether oxygens (including phenoxy) is 1. The smallest absolute Gasteiger partial charge is 0.174 e. The monoisotopic (exact) mass is 202 g/mol. The second-order valence-electron chi connectivity index (χ2n) is 3.28. The standard InChI is InChI=1S/C11H10N2O2/c12-6-7-15-11-3-1-2-8-9(11)4-5-10(8)13-14/h1-3,14H,4-5,7H2. The molecule has 0 aliphatic heterocycles. The van der Waals surface area contributed by atoms with E-state index in [4.69, 9.17) is 15.2 Å². The van der Waals surface area contributed by atoms with Crippen LogP contribution in [-0.2, 0) is 6.42 Å². The molecule has 0 saturated heterocycles. The SMILES string of the molecule is N#CCOc1cccc2c1CCC2=NO. The maximum atomic E-state index is 8.77. The Hall–Kier alpha value is -2.02. The third-order valence-corrected chi connectivity index (χ3v) is 2.47. The van der Waals surface area contributed by atoms with Crippen molar-refractivity contribution in [1.29, 1.82) is 5.26 Å². The molecule has 4 nitrogen and oxygen atoms in total. The Kier molecular flexibility index (Phi) is 2.55. The summed E-state index contributed by atoms with van der Waals surface area (Å²) in [6, 6.07) is 7.50. The van der Waals surface area contributed by atoms with Crippen molar-refractivity contribution in [2.75, 3.05) is 6.61 Å². The van der Waals surface area contributed by atoms with Crippen LogP contribution in [0.25, 0.3) is 0 Å². The van der Waals surface area contributed by atoms with Crippen LogP contribution >= 0.6 is 0 Å². The van der Waals surface area contributed by atoms with Crippen molar-refractivity contribution < 1.29 is 9.94 Å². The molecule has 0 heterocycles. The summed E-state index contributed by atoms with van der Waals surface area (Å²) in [6.07, 6.45) is 1.52. The molecular formula is C11H10N2O2. The van der Waals surface area contributed by atoms with Gasteiger partial charge in [-0.25, -0.2) is 0 Å². The maximum absolute atomic E-state index is 8.77. The molecule has 0 atom stereocenters. The first kappa shape index (κ1) is 9.53. The molecule has 0 spiro atoms. The second-order valence-corrected chi connectivity index (χ2v) is 3.28. The van der Waals surface area contributed by atoms with E-state index in [1.165, 1.54) is 0 Å². The first-order valence-electron chi connectivity index (χ1n) is 4.69. The fourth-order valence-electron chi connectivity index (χ4n) is 1.82. The van der Waals surface area contributed by atoms with Gasteiger partial charge in [0.2, 0.25) is 0 Å². The minimum Gasteiger partial charge on any atom is -0.478 e. The van der Waals surface area contributed by atoms with Crippen molar-refractivity contribution in [3.63, 3.8) is 0 Å². The Morgan fingerprint density at radius 2 is 2.33 bits per heavy atom. The number of rotatable bonds is 2. The van der Waals surface area contributed by atoms with Crippen molar-refractivity contribution in [3.8, 4) is 11.8 Å². The number of hydrogen-bond donors (Lipinski definition) is 1. The van der Waals surface area contributed by atoms with Gasteiger partial charge in [0, 0.05) is 11.1 Å². The summed E-state index contributed by atoms with van der Waals surface area (Å²) < 4.78 is 5.29. The molecule has 1 N–H and O–H groups in total. The lowest BCUT2D eigenvalue weighted by Crippen LogP contribution is -1.98. The molecule has 2 rings (SSSR count). The minimum atomic E-state index is 0.0437. The average Bonchev–Trinajstić information content (AvgIpc) is 2.69. The predicted octanol–water partition coefficient (Wildman–Crippen LogP) is 1.71. The van der Waals surface area contributed by atoms with Gasteiger partial charge < -0.3 is 9.94 Å². The normalized spacial score (nSPS) is 16.1. The summed E-state index contributed by atoms with van der Waals surface area (Å²) in [7, 11) is 0. The van der Waals surface area contributed by atoms with Crippen LogP contribution in [0.1, 0.15) is 17.5 Å². The van der Waals surface area contributed by atoms with Crippen LogP contribution in [0, 0.1) is 11.3 Å². The van der Waals surface area contributed by atoms with E-state index in [-0.39, 0.29) is 6.61 Å². The summed E-state index contributed by atoms with van der Waals surface area (Å²) in [5, 5.41) is 20.5. The van der Waals surface area contributed by atoms with Gasteiger partial charge in [-0.2, -0.15) is 5.26 Å². The molecule has 4 heteroatoms. The van der Waals surface area contributed by atoms with Crippen molar-refractivity contribution in [3.05, 3.63) is 29.3 Å². The zero-order valence-corrected chi connectivity index (χ0v) is 8.10. The molecule has 0 bridgehead atoms. The third kappa shape index (κ3) is 1.64. The molecule has 15 heavy (non-hydrogen) atoms. The summed E-state index contributed by atoms with van der Waals surface area (Å²) in [4.78, 5) is 0.